The van der Waals surface area contributed by atoms with Crippen molar-refractivity contribution in [1.82, 2.24) is 0 Å². The molecule has 0 heterocycles. The first kappa shape index (κ1) is 20.4. The van der Waals surface area contributed by atoms with Crippen LogP contribution in [0.1, 0.15) is 30.1 Å². The molecule has 0 radical (unpaired) electrons. The van der Waals surface area contributed by atoms with Crippen molar-refractivity contribution in [1.29, 1.82) is 0 Å². The van der Waals surface area contributed by atoms with Crippen LogP contribution < -0.4 is 39.4 Å². The molecule has 0 aromatic heterocycles. The van der Waals surface area contributed by atoms with Crippen LogP contribution in [0.15, 0.2) is 48.5 Å². The summed E-state index contributed by atoms with van der Waals surface area (Å²) in [5, 5.41) is 20.3. The van der Waals surface area contributed by atoms with E-state index in [0.29, 0.717) is 17.9 Å². The number of aliphatic hydroxyl groups is 1. The van der Waals surface area contributed by atoms with E-state index < -0.39 is 12.1 Å². The number of ether oxygens (including phenoxy) is 1. The Labute approximate surface area is 171 Å². The Balaban J connectivity index is 0.00000264. The second-order valence-electron chi connectivity index (χ2n) is 4.88. The number of benzene rings is 2. The van der Waals surface area contributed by atoms with Gasteiger partial charge in [0.25, 0.3) is 0 Å². The van der Waals surface area contributed by atoms with Gasteiger partial charge in [0.2, 0.25) is 0 Å². The molecule has 0 saturated carbocycles. The molecule has 0 aliphatic heterocycles. The molecule has 0 bridgehead atoms. The summed E-state index contributed by atoms with van der Waals surface area (Å²) in [6.07, 6.45) is -0.821. The summed E-state index contributed by atoms with van der Waals surface area (Å²) in [4.78, 5) is 10.4. The fourth-order valence-corrected chi connectivity index (χ4v) is 2.53. The molecule has 116 valence electrons. The van der Waals surface area contributed by atoms with Gasteiger partial charge in [-0.05, 0) is 59.2 Å². The Morgan fingerprint density at radius 2 is 1.83 bits per heavy atom. The molecule has 2 aromatic carbocycles. The number of carbonyl (C=O) groups is 1. The fourth-order valence-electron chi connectivity index (χ4n) is 1.98. The Morgan fingerprint density at radius 3 is 2.43 bits per heavy atom. The van der Waals surface area contributed by atoms with Crippen molar-refractivity contribution in [3.8, 4) is 5.75 Å². The molecule has 1 unspecified atom stereocenters. The second-order valence-corrected chi connectivity index (χ2v) is 6.04. The van der Waals surface area contributed by atoms with Crippen LogP contribution in [0.3, 0.4) is 0 Å². The zero-order valence-electron chi connectivity index (χ0n) is 12.9. The summed E-state index contributed by atoms with van der Waals surface area (Å²) in [5.41, 5.74) is 1.78. The van der Waals surface area contributed by atoms with E-state index in [1.807, 2.05) is 24.3 Å². The molecule has 0 saturated heterocycles. The summed E-state index contributed by atoms with van der Waals surface area (Å²) < 4.78 is 6.86. The number of hydrogen-bond donors (Lipinski definition) is 1. The van der Waals surface area contributed by atoms with Gasteiger partial charge in [0.1, 0.15) is 12.4 Å². The largest absolute Gasteiger partial charge is 1.00 e. The normalized spacial score (nSPS) is 11.4. The van der Waals surface area contributed by atoms with Crippen LogP contribution in [0.5, 0.6) is 5.75 Å². The number of aliphatic carboxylic acids is 1. The minimum Gasteiger partial charge on any atom is -0.550 e. The van der Waals surface area contributed by atoms with E-state index in [2.05, 4.69) is 22.6 Å². The molecule has 1 N–H and O–H groups in total. The van der Waals surface area contributed by atoms with E-state index >= 15 is 0 Å². The van der Waals surface area contributed by atoms with E-state index in [9.17, 15) is 15.0 Å². The van der Waals surface area contributed by atoms with Crippen LogP contribution in [-0.2, 0) is 11.4 Å². The van der Waals surface area contributed by atoms with Crippen LogP contribution in [0.25, 0.3) is 0 Å². The zero-order chi connectivity index (χ0) is 15.9. The fraction of sp³-hybridized carbons (Fsp3) is 0.235. The van der Waals surface area contributed by atoms with Crippen molar-refractivity contribution in [2.75, 3.05) is 0 Å². The van der Waals surface area contributed by atoms with Crippen molar-refractivity contribution in [2.24, 2.45) is 0 Å². The summed E-state index contributed by atoms with van der Waals surface area (Å²) in [6, 6.07) is 15.0. The minimum atomic E-state index is -1.16. The molecule has 0 aliphatic rings. The molecule has 1 atom stereocenters. The van der Waals surface area contributed by atoms with Gasteiger partial charge in [-0.3, -0.25) is 0 Å². The summed E-state index contributed by atoms with van der Waals surface area (Å²) in [7, 11) is 0. The molecule has 0 fully saturated rings. The Morgan fingerprint density at radius 1 is 1.17 bits per heavy atom. The minimum absolute atomic E-state index is 0. The third kappa shape index (κ3) is 6.81. The topological polar surface area (TPSA) is 69.6 Å². The number of aliphatic hydroxyl groups excluding tert-OH is 1. The molecule has 2 aromatic rings. The number of hydrogen-bond acceptors (Lipinski definition) is 4. The Bertz CT molecular complexity index is 631. The third-order valence-electron chi connectivity index (χ3n) is 3.24. The smallest absolute Gasteiger partial charge is 0.550 e. The van der Waals surface area contributed by atoms with Crippen LogP contribution in [0, 0.1) is 3.57 Å². The van der Waals surface area contributed by atoms with Crippen molar-refractivity contribution in [3.63, 3.8) is 0 Å². The Hall–Kier alpha value is -0.600. The monoisotopic (exact) mass is 432 g/mol. The first-order valence-corrected chi connectivity index (χ1v) is 7.98. The van der Waals surface area contributed by atoms with Gasteiger partial charge >= 0.3 is 29.6 Å². The van der Waals surface area contributed by atoms with Crippen molar-refractivity contribution >= 4 is 28.6 Å². The SMILES string of the molecule is O=C([O-])CCC(O)c1ccc(OCc2ccccc2[125I])cc1.[Na+]. The van der Waals surface area contributed by atoms with E-state index in [1.165, 1.54) is 0 Å². The summed E-state index contributed by atoms with van der Waals surface area (Å²) in [5.74, 6) is -0.452. The van der Waals surface area contributed by atoms with Gasteiger partial charge in [-0.15, -0.1) is 0 Å². The van der Waals surface area contributed by atoms with Gasteiger partial charge < -0.3 is 19.7 Å². The van der Waals surface area contributed by atoms with E-state index in [0.717, 1.165) is 9.13 Å². The van der Waals surface area contributed by atoms with Crippen molar-refractivity contribution in [3.05, 3.63) is 63.2 Å². The summed E-state index contributed by atoms with van der Waals surface area (Å²) in [6.45, 7) is 0.478. The van der Waals surface area contributed by atoms with Gasteiger partial charge in [0, 0.05) is 15.1 Å². The average molecular weight is 432 g/mol. The predicted molar refractivity (Wildman–Crippen MR) is 89.1 cm³/mol. The number of rotatable bonds is 7. The quantitative estimate of drug-likeness (QED) is 0.471. The van der Waals surface area contributed by atoms with Gasteiger partial charge in [-0.25, -0.2) is 0 Å². The molecule has 4 nitrogen and oxygen atoms in total. The van der Waals surface area contributed by atoms with E-state index in [-0.39, 0.29) is 42.4 Å². The molecule has 0 amide bonds. The Kier molecular flexibility index (Phi) is 9.16. The number of carboxylic acids is 1. The zero-order valence-corrected chi connectivity index (χ0v) is 17.0. The molecule has 0 aliphatic carbocycles. The van der Waals surface area contributed by atoms with Crippen molar-refractivity contribution < 1.29 is 49.3 Å². The van der Waals surface area contributed by atoms with Gasteiger partial charge in [0.15, 0.2) is 0 Å². The van der Waals surface area contributed by atoms with E-state index in [4.69, 9.17) is 4.74 Å². The van der Waals surface area contributed by atoms with Gasteiger partial charge in [-0.1, -0.05) is 30.3 Å². The van der Waals surface area contributed by atoms with Crippen molar-refractivity contribution in [2.45, 2.75) is 25.6 Å². The standard InChI is InChI=1S/C17H17IO4.Na/c18-15-4-2-1-3-13(15)11-22-14-7-5-12(6-8-14)16(19)9-10-17(20)21;/h1-8,16,19H,9-11H2,(H,20,21);/q;+1/p-1/i18-2;. The van der Waals surface area contributed by atoms with Crippen LogP contribution >= 0.6 is 22.6 Å². The summed E-state index contributed by atoms with van der Waals surface area (Å²) >= 11 is 2.27. The predicted octanol–water partition coefficient (Wildman–Crippen LogP) is -0.562. The van der Waals surface area contributed by atoms with Gasteiger partial charge in [0.05, 0.1) is 6.10 Å². The van der Waals surface area contributed by atoms with Crippen LogP contribution in [0.4, 0.5) is 0 Å². The molecular weight excluding hydrogens is 416 g/mol. The number of carboxylic acid groups (broad SMARTS) is 1. The molecule has 23 heavy (non-hydrogen) atoms. The third-order valence-corrected chi connectivity index (χ3v) is 4.29. The molecule has 2 rings (SSSR count). The maximum absolute atomic E-state index is 10.4. The van der Waals surface area contributed by atoms with Gasteiger partial charge in [-0.2, -0.15) is 0 Å². The van der Waals surface area contributed by atoms with Crippen LogP contribution in [-0.4, -0.2) is 11.1 Å². The first-order chi connectivity index (χ1) is 10.6. The number of carbonyl (C=O) groups excluding carboxylic acids is 1. The molecule has 0 spiro atoms. The first-order valence-electron chi connectivity index (χ1n) is 6.90. The second kappa shape index (κ2) is 10.3. The average Bonchev–Trinajstić information content (AvgIpc) is 2.52. The maximum Gasteiger partial charge on any atom is 1.00 e. The molecular formula is C17H16INaO4. The number of halogens is 1. The molecule has 6 heteroatoms. The van der Waals surface area contributed by atoms with Crippen LogP contribution in [0.2, 0.25) is 0 Å². The maximum atomic E-state index is 10.4. The van der Waals surface area contributed by atoms with E-state index in [1.54, 1.807) is 24.3 Å².